The van der Waals surface area contributed by atoms with Gasteiger partial charge in [0.15, 0.2) is 0 Å². The van der Waals surface area contributed by atoms with Crippen molar-refractivity contribution >= 4 is 0 Å². The molecule has 1 heteroatoms. The summed E-state index contributed by atoms with van der Waals surface area (Å²) in [5.41, 5.74) is 2.49. The maximum absolute atomic E-state index is 10.7. The van der Waals surface area contributed by atoms with E-state index in [9.17, 15) is 5.11 Å². The molecule has 1 N–H and O–H groups in total. The summed E-state index contributed by atoms with van der Waals surface area (Å²) in [6.07, 6.45) is 6.95. The summed E-state index contributed by atoms with van der Waals surface area (Å²) < 4.78 is 0. The molecule has 2 rings (SSSR count). The normalized spacial score (nSPS) is 24.9. The Morgan fingerprint density at radius 1 is 1.10 bits per heavy atom. The Bertz CT molecular complexity index is 402. The average Bonchev–Trinajstić information content (AvgIpc) is 2.47. The predicted molar refractivity (Wildman–Crippen MR) is 85.7 cm³/mol. The van der Waals surface area contributed by atoms with Crippen molar-refractivity contribution in [2.45, 2.75) is 65.4 Å². The Morgan fingerprint density at radius 3 is 2.35 bits per heavy atom. The van der Waals surface area contributed by atoms with Gasteiger partial charge in [0.25, 0.3) is 0 Å². The SMILES string of the molecule is CCCc1cccc(C(O)C2CCC(C(C)C)CC2)c1. The van der Waals surface area contributed by atoms with E-state index in [-0.39, 0.29) is 6.10 Å². The molecule has 1 atom stereocenters. The number of aliphatic hydroxyl groups excluding tert-OH is 1. The molecule has 0 aromatic heterocycles. The molecule has 0 bridgehead atoms. The van der Waals surface area contributed by atoms with Gasteiger partial charge in [-0.2, -0.15) is 0 Å². The molecule has 1 aliphatic rings. The maximum Gasteiger partial charge on any atom is 0.0818 e. The largest absolute Gasteiger partial charge is 0.388 e. The Morgan fingerprint density at radius 2 is 1.75 bits per heavy atom. The molecule has 0 spiro atoms. The van der Waals surface area contributed by atoms with Crippen molar-refractivity contribution in [1.82, 2.24) is 0 Å². The number of benzene rings is 1. The lowest BCUT2D eigenvalue weighted by Gasteiger charge is -2.33. The van der Waals surface area contributed by atoms with Gasteiger partial charge in [0, 0.05) is 0 Å². The highest BCUT2D eigenvalue weighted by atomic mass is 16.3. The summed E-state index contributed by atoms with van der Waals surface area (Å²) in [5, 5.41) is 10.7. The summed E-state index contributed by atoms with van der Waals surface area (Å²) in [6.45, 7) is 6.86. The minimum atomic E-state index is -0.264. The number of hydrogen-bond acceptors (Lipinski definition) is 1. The van der Waals surface area contributed by atoms with Crippen LogP contribution in [0.4, 0.5) is 0 Å². The third-order valence-corrected chi connectivity index (χ3v) is 5.04. The standard InChI is InChI=1S/C19H30O/c1-4-6-15-7-5-8-18(13-15)19(20)17-11-9-16(10-12-17)14(2)3/h5,7-8,13-14,16-17,19-20H,4,6,9-12H2,1-3H3. The second kappa shape index (κ2) is 7.26. The molecule has 0 heterocycles. The molecule has 1 fully saturated rings. The third kappa shape index (κ3) is 3.85. The van der Waals surface area contributed by atoms with Gasteiger partial charge in [-0.1, -0.05) is 51.5 Å². The highest BCUT2D eigenvalue weighted by Crippen LogP contribution is 2.39. The van der Waals surface area contributed by atoms with Gasteiger partial charge in [0.05, 0.1) is 6.10 Å². The maximum atomic E-state index is 10.7. The van der Waals surface area contributed by atoms with Crippen LogP contribution in [0.1, 0.15) is 70.1 Å². The number of aliphatic hydroxyl groups is 1. The van der Waals surface area contributed by atoms with Crippen molar-refractivity contribution in [1.29, 1.82) is 0 Å². The Labute approximate surface area is 124 Å². The first-order chi connectivity index (χ1) is 9.61. The molecule has 112 valence electrons. The van der Waals surface area contributed by atoms with Crippen molar-refractivity contribution in [3.63, 3.8) is 0 Å². The fourth-order valence-corrected chi connectivity index (χ4v) is 3.62. The van der Waals surface area contributed by atoms with E-state index in [1.54, 1.807) is 0 Å². The Kier molecular flexibility index (Phi) is 5.65. The minimum absolute atomic E-state index is 0.264. The topological polar surface area (TPSA) is 20.2 Å². The van der Waals surface area contributed by atoms with Crippen molar-refractivity contribution in [2.24, 2.45) is 17.8 Å². The monoisotopic (exact) mass is 274 g/mol. The first-order valence-corrected chi connectivity index (χ1v) is 8.38. The summed E-state index contributed by atoms with van der Waals surface area (Å²) in [4.78, 5) is 0. The molecule has 0 radical (unpaired) electrons. The molecule has 1 aliphatic carbocycles. The van der Waals surface area contributed by atoms with Crippen molar-refractivity contribution < 1.29 is 5.11 Å². The lowest BCUT2D eigenvalue weighted by Crippen LogP contribution is -2.23. The van der Waals surface area contributed by atoms with E-state index >= 15 is 0 Å². The highest BCUT2D eigenvalue weighted by molar-refractivity contribution is 5.25. The fraction of sp³-hybridized carbons (Fsp3) is 0.684. The van der Waals surface area contributed by atoms with E-state index in [4.69, 9.17) is 0 Å². The molecule has 0 amide bonds. The van der Waals surface area contributed by atoms with Crippen LogP contribution in [0.2, 0.25) is 0 Å². The van der Waals surface area contributed by atoms with Crippen molar-refractivity contribution in [3.05, 3.63) is 35.4 Å². The van der Waals surface area contributed by atoms with Crippen LogP contribution in [-0.2, 0) is 6.42 Å². The first kappa shape index (κ1) is 15.6. The van der Waals surface area contributed by atoms with Crippen molar-refractivity contribution in [2.75, 3.05) is 0 Å². The second-order valence-corrected chi connectivity index (χ2v) is 6.86. The van der Waals surface area contributed by atoms with Crippen LogP contribution in [0.5, 0.6) is 0 Å². The molecule has 1 aromatic carbocycles. The van der Waals surface area contributed by atoms with Gasteiger partial charge in [-0.15, -0.1) is 0 Å². The lowest BCUT2D eigenvalue weighted by molar-refractivity contribution is 0.0667. The van der Waals surface area contributed by atoms with Gasteiger partial charge in [0.2, 0.25) is 0 Å². The third-order valence-electron chi connectivity index (χ3n) is 5.04. The highest BCUT2D eigenvalue weighted by Gasteiger charge is 2.28. The molecule has 0 aliphatic heterocycles. The average molecular weight is 274 g/mol. The van der Waals surface area contributed by atoms with Crippen LogP contribution in [-0.4, -0.2) is 5.11 Å². The van der Waals surface area contributed by atoms with Crippen LogP contribution in [0.3, 0.4) is 0 Å². The zero-order valence-electron chi connectivity index (χ0n) is 13.3. The Balaban J connectivity index is 1.98. The number of hydrogen-bond donors (Lipinski definition) is 1. The zero-order valence-corrected chi connectivity index (χ0v) is 13.3. The van der Waals surface area contributed by atoms with E-state index in [1.165, 1.54) is 37.7 Å². The molecular formula is C19H30O. The number of aryl methyl sites for hydroxylation is 1. The smallest absolute Gasteiger partial charge is 0.0818 e. The van der Waals surface area contributed by atoms with E-state index in [1.807, 2.05) is 0 Å². The van der Waals surface area contributed by atoms with Crippen LogP contribution in [0.15, 0.2) is 24.3 Å². The van der Waals surface area contributed by atoms with Crippen LogP contribution < -0.4 is 0 Å². The zero-order chi connectivity index (χ0) is 14.5. The summed E-state index contributed by atoms with van der Waals surface area (Å²) in [7, 11) is 0. The van der Waals surface area contributed by atoms with E-state index in [0.717, 1.165) is 23.8 Å². The molecule has 0 saturated heterocycles. The first-order valence-electron chi connectivity index (χ1n) is 8.38. The molecule has 20 heavy (non-hydrogen) atoms. The van der Waals surface area contributed by atoms with Gasteiger partial charge >= 0.3 is 0 Å². The summed E-state index contributed by atoms with van der Waals surface area (Å²) in [5.74, 6) is 2.12. The van der Waals surface area contributed by atoms with Gasteiger partial charge in [-0.25, -0.2) is 0 Å². The van der Waals surface area contributed by atoms with Gasteiger partial charge in [-0.3, -0.25) is 0 Å². The minimum Gasteiger partial charge on any atom is -0.388 e. The van der Waals surface area contributed by atoms with Crippen LogP contribution in [0, 0.1) is 17.8 Å². The molecular weight excluding hydrogens is 244 g/mol. The summed E-state index contributed by atoms with van der Waals surface area (Å²) >= 11 is 0. The van der Waals surface area contributed by atoms with Crippen LogP contribution in [0.25, 0.3) is 0 Å². The molecule has 1 unspecified atom stereocenters. The fourth-order valence-electron chi connectivity index (χ4n) is 3.62. The second-order valence-electron chi connectivity index (χ2n) is 6.86. The van der Waals surface area contributed by atoms with Gasteiger partial charge in [0.1, 0.15) is 0 Å². The van der Waals surface area contributed by atoms with Gasteiger partial charge in [-0.05, 0) is 61.0 Å². The summed E-state index contributed by atoms with van der Waals surface area (Å²) in [6, 6.07) is 8.58. The number of rotatable bonds is 5. The lowest BCUT2D eigenvalue weighted by atomic mass is 9.74. The van der Waals surface area contributed by atoms with Crippen molar-refractivity contribution in [3.8, 4) is 0 Å². The Hall–Kier alpha value is -0.820. The molecule has 1 nitrogen and oxygen atoms in total. The molecule has 1 saturated carbocycles. The predicted octanol–water partition coefficient (Wildman–Crippen LogP) is 5.13. The van der Waals surface area contributed by atoms with Crippen LogP contribution >= 0.6 is 0 Å². The molecule has 1 aromatic rings. The van der Waals surface area contributed by atoms with E-state index in [0.29, 0.717) is 5.92 Å². The van der Waals surface area contributed by atoms with Gasteiger partial charge < -0.3 is 5.11 Å². The van der Waals surface area contributed by atoms with E-state index < -0.39 is 0 Å². The van der Waals surface area contributed by atoms with E-state index in [2.05, 4.69) is 45.0 Å². The quantitative estimate of drug-likeness (QED) is 0.788.